The van der Waals surface area contributed by atoms with E-state index < -0.39 is 16.1 Å². The molecule has 0 bridgehead atoms. The lowest BCUT2D eigenvalue weighted by Crippen LogP contribution is -2.29. The summed E-state index contributed by atoms with van der Waals surface area (Å²) in [5, 5.41) is 10.5. The van der Waals surface area contributed by atoms with Crippen LogP contribution in [0, 0.1) is 0 Å². The second-order valence-corrected chi connectivity index (χ2v) is 7.76. The van der Waals surface area contributed by atoms with Crippen molar-refractivity contribution >= 4 is 27.4 Å². The van der Waals surface area contributed by atoms with Gasteiger partial charge < -0.3 is 15.5 Å². The van der Waals surface area contributed by atoms with Crippen LogP contribution in [0.15, 0.2) is 53.4 Å². The van der Waals surface area contributed by atoms with E-state index in [9.17, 15) is 13.2 Å². The Hall–Kier alpha value is -2.58. The summed E-state index contributed by atoms with van der Waals surface area (Å²) in [5.74, 6) is 0. The number of sulfonamides is 1. The van der Waals surface area contributed by atoms with E-state index in [2.05, 4.69) is 21.6 Å². The molecule has 0 aromatic heterocycles. The standard InChI is InChI=1S/C18H22N4O3S/c19-26(24,25)16-8-5-7-15(12-16)21-18(23)20-13-14-6-1-2-9-17(14)22-10-3-4-11-22/h1-2,5-9,12H,3-4,10-11,13H2,(H2,19,24,25)(H2,20,21,23). The van der Waals surface area contributed by atoms with Crippen LogP contribution < -0.4 is 20.7 Å². The Morgan fingerprint density at radius 2 is 1.81 bits per heavy atom. The minimum atomic E-state index is -3.81. The molecule has 1 aliphatic rings. The average molecular weight is 374 g/mol. The van der Waals surface area contributed by atoms with Gasteiger partial charge in [-0.3, -0.25) is 0 Å². The zero-order chi connectivity index (χ0) is 18.6. The summed E-state index contributed by atoms with van der Waals surface area (Å²) < 4.78 is 22.8. The molecule has 2 amide bonds. The molecule has 0 saturated carbocycles. The Balaban J connectivity index is 1.63. The van der Waals surface area contributed by atoms with E-state index in [-0.39, 0.29) is 4.90 Å². The van der Waals surface area contributed by atoms with Crippen LogP contribution >= 0.6 is 0 Å². The van der Waals surface area contributed by atoms with E-state index in [4.69, 9.17) is 5.14 Å². The molecule has 26 heavy (non-hydrogen) atoms. The number of nitrogens with one attached hydrogen (secondary N) is 2. The zero-order valence-electron chi connectivity index (χ0n) is 14.3. The third-order valence-electron chi connectivity index (χ3n) is 4.30. The van der Waals surface area contributed by atoms with E-state index in [0.717, 1.165) is 24.3 Å². The van der Waals surface area contributed by atoms with Gasteiger partial charge in [-0.05, 0) is 42.7 Å². The van der Waals surface area contributed by atoms with Gasteiger partial charge in [0.1, 0.15) is 0 Å². The first-order chi connectivity index (χ1) is 12.4. The minimum absolute atomic E-state index is 0.0466. The monoisotopic (exact) mass is 374 g/mol. The maximum Gasteiger partial charge on any atom is 0.319 e. The van der Waals surface area contributed by atoms with E-state index >= 15 is 0 Å². The fourth-order valence-electron chi connectivity index (χ4n) is 3.03. The lowest BCUT2D eigenvalue weighted by molar-refractivity contribution is 0.251. The van der Waals surface area contributed by atoms with Crippen LogP contribution in [0.1, 0.15) is 18.4 Å². The summed E-state index contributed by atoms with van der Waals surface area (Å²) >= 11 is 0. The number of carbonyl (C=O) groups is 1. The number of amides is 2. The molecular weight excluding hydrogens is 352 g/mol. The highest BCUT2D eigenvalue weighted by Gasteiger charge is 2.15. The molecule has 1 fully saturated rings. The van der Waals surface area contributed by atoms with Crippen molar-refractivity contribution in [2.75, 3.05) is 23.3 Å². The topological polar surface area (TPSA) is 105 Å². The van der Waals surface area contributed by atoms with Crippen LogP contribution in [0.5, 0.6) is 0 Å². The molecule has 0 spiro atoms. The quantitative estimate of drug-likeness (QED) is 0.746. The van der Waals surface area contributed by atoms with Gasteiger partial charge in [-0.15, -0.1) is 0 Å². The predicted molar refractivity (Wildman–Crippen MR) is 102 cm³/mol. The fourth-order valence-corrected chi connectivity index (χ4v) is 3.59. The summed E-state index contributed by atoms with van der Waals surface area (Å²) in [5.41, 5.74) is 2.55. The molecule has 0 unspecified atom stereocenters. The number of anilines is 2. The number of benzene rings is 2. The molecule has 8 heteroatoms. The Morgan fingerprint density at radius 3 is 2.54 bits per heavy atom. The van der Waals surface area contributed by atoms with Crippen molar-refractivity contribution in [3.8, 4) is 0 Å². The molecule has 3 rings (SSSR count). The maximum atomic E-state index is 12.2. The summed E-state index contributed by atoms with van der Waals surface area (Å²) in [6.45, 7) is 2.44. The molecule has 7 nitrogen and oxygen atoms in total. The molecule has 2 aromatic carbocycles. The van der Waals surface area contributed by atoms with E-state index in [1.54, 1.807) is 6.07 Å². The number of nitrogens with two attached hydrogens (primary N) is 1. The van der Waals surface area contributed by atoms with E-state index in [0.29, 0.717) is 12.2 Å². The number of urea groups is 1. The van der Waals surface area contributed by atoms with Crippen LogP contribution in [0.2, 0.25) is 0 Å². The Bertz CT molecular complexity index is 893. The highest BCUT2D eigenvalue weighted by molar-refractivity contribution is 7.89. The van der Waals surface area contributed by atoms with Gasteiger partial charge >= 0.3 is 6.03 Å². The van der Waals surface area contributed by atoms with Crippen LogP contribution in [0.3, 0.4) is 0 Å². The van der Waals surface area contributed by atoms with Crippen molar-refractivity contribution in [2.24, 2.45) is 5.14 Å². The third-order valence-corrected chi connectivity index (χ3v) is 5.21. The van der Waals surface area contributed by atoms with Crippen molar-refractivity contribution in [1.29, 1.82) is 0 Å². The van der Waals surface area contributed by atoms with Gasteiger partial charge in [-0.25, -0.2) is 18.4 Å². The van der Waals surface area contributed by atoms with Gasteiger partial charge in [0.25, 0.3) is 0 Å². The summed E-state index contributed by atoms with van der Waals surface area (Å²) in [6, 6.07) is 13.4. The van der Waals surface area contributed by atoms with Gasteiger partial charge in [0.05, 0.1) is 4.90 Å². The normalized spacial score (nSPS) is 14.3. The number of hydrogen-bond acceptors (Lipinski definition) is 4. The SMILES string of the molecule is NS(=O)(=O)c1cccc(NC(=O)NCc2ccccc2N2CCCC2)c1. The Labute approximate surface area is 153 Å². The Kier molecular flexibility index (Phi) is 5.43. The van der Waals surface area contributed by atoms with Crippen molar-refractivity contribution in [2.45, 2.75) is 24.3 Å². The third kappa shape index (κ3) is 4.53. The minimum Gasteiger partial charge on any atom is -0.371 e. The summed E-state index contributed by atoms with van der Waals surface area (Å²) in [7, 11) is -3.81. The van der Waals surface area contributed by atoms with Crippen LogP contribution in [0.4, 0.5) is 16.2 Å². The molecule has 1 aliphatic heterocycles. The average Bonchev–Trinajstić information content (AvgIpc) is 3.14. The molecule has 2 aromatic rings. The zero-order valence-corrected chi connectivity index (χ0v) is 15.1. The first kappa shape index (κ1) is 18.2. The first-order valence-electron chi connectivity index (χ1n) is 8.44. The summed E-state index contributed by atoms with van der Waals surface area (Å²) in [6.07, 6.45) is 2.37. The lowest BCUT2D eigenvalue weighted by Gasteiger charge is -2.21. The second-order valence-electron chi connectivity index (χ2n) is 6.20. The van der Waals surface area contributed by atoms with E-state index in [1.807, 2.05) is 18.2 Å². The largest absolute Gasteiger partial charge is 0.371 e. The smallest absolute Gasteiger partial charge is 0.319 e. The maximum absolute atomic E-state index is 12.2. The summed E-state index contributed by atoms with van der Waals surface area (Å²) in [4.78, 5) is 14.4. The number of nitrogens with zero attached hydrogens (tertiary/aromatic N) is 1. The first-order valence-corrected chi connectivity index (χ1v) is 9.99. The molecule has 0 aliphatic carbocycles. The molecule has 138 valence electrons. The number of hydrogen-bond donors (Lipinski definition) is 3. The molecular formula is C18H22N4O3S. The van der Waals surface area contributed by atoms with Crippen molar-refractivity contribution < 1.29 is 13.2 Å². The predicted octanol–water partition coefficient (Wildman–Crippen LogP) is 2.26. The molecule has 4 N–H and O–H groups in total. The lowest BCUT2D eigenvalue weighted by atomic mass is 10.1. The van der Waals surface area contributed by atoms with Gasteiger partial charge in [-0.2, -0.15) is 0 Å². The highest BCUT2D eigenvalue weighted by atomic mass is 32.2. The molecule has 1 heterocycles. The second kappa shape index (κ2) is 7.76. The van der Waals surface area contributed by atoms with Gasteiger partial charge in [-0.1, -0.05) is 24.3 Å². The van der Waals surface area contributed by atoms with Gasteiger partial charge in [0, 0.05) is 31.0 Å². The van der Waals surface area contributed by atoms with Gasteiger partial charge in [0.2, 0.25) is 10.0 Å². The Morgan fingerprint density at radius 1 is 1.08 bits per heavy atom. The number of primary sulfonamides is 1. The number of para-hydroxylation sites is 1. The highest BCUT2D eigenvalue weighted by Crippen LogP contribution is 2.24. The van der Waals surface area contributed by atoms with Gasteiger partial charge in [0.15, 0.2) is 0 Å². The molecule has 1 saturated heterocycles. The molecule has 0 radical (unpaired) electrons. The number of carbonyl (C=O) groups excluding carboxylic acids is 1. The van der Waals surface area contributed by atoms with E-state index in [1.165, 1.54) is 31.0 Å². The van der Waals surface area contributed by atoms with Crippen LogP contribution in [0.25, 0.3) is 0 Å². The number of rotatable bonds is 5. The van der Waals surface area contributed by atoms with Crippen LogP contribution in [-0.4, -0.2) is 27.5 Å². The molecule has 0 atom stereocenters. The van der Waals surface area contributed by atoms with Crippen molar-refractivity contribution in [1.82, 2.24) is 5.32 Å². The van der Waals surface area contributed by atoms with Crippen LogP contribution in [-0.2, 0) is 16.6 Å². The van der Waals surface area contributed by atoms with Crippen molar-refractivity contribution in [3.05, 3.63) is 54.1 Å². The fraction of sp³-hybridized carbons (Fsp3) is 0.278. The van der Waals surface area contributed by atoms with Crippen molar-refractivity contribution in [3.63, 3.8) is 0 Å².